The average Bonchev–Trinajstić information content (AvgIpc) is 2.63. The predicted molar refractivity (Wildman–Crippen MR) is 60.3 cm³/mol. The summed E-state index contributed by atoms with van der Waals surface area (Å²) in [7, 11) is 1.95. The molecule has 0 heterocycles. The molecule has 0 radical (unpaired) electrons. The minimum Gasteiger partial charge on any atom is -0.317 e. The van der Waals surface area contributed by atoms with E-state index in [2.05, 4.69) is 5.32 Å². The van der Waals surface area contributed by atoms with Crippen LogP contribution < -0.4 is 5.32 Å². The van der Waals surface area contributed by atoms with Crippen LogP contribution in [0, 0.1) is 17.6 Å². The molecule has 0 aliphatic heterocycles. The van der Waals surface area contributed by atoms with Gasteiger partial charge in [-0.25, -0.2) is 8.78 Å². The second kappa shape index (κ2) is 4.91. The van der Waals surface area contributed by atoms with Gasteiger partial charge in [-0.2, -0.15) is 0 Å². The Labute approximate surface area is 94.9 Å². The van der Waals surface area contributed by atoms with Gasteiger partial charge >= 0.3 is 0 Å². The van der Waals surface area contributed by atoms with E-state index in [1.807, 2.05) is 7.05 Å². The van der Waals surface area contributed by atoms with Crippen LogP contribution in [0.5, 0.6) is 0 Å². The zero-order chi connectivity index (χ0) is 11.5. The molecule has 0 bridgehead atoms. The third kappa shape index (κ3) is 2.59. The maximum absolute atomic E-state index is 13.0. The van der Waals surface area contributed by atoms with Crippen LogP contribution in [0.15, 0.2) is 18.2 Å². The first-order valence-corrected chi connectivity index (χ1v) is 5.81. The Morgan fingerprint density at radius 3 is 2.50 bits per heavy atom. The van der Waals surface area contributed by atoms with Gasteiger partial charge in [-0.1, -0.05) is 6.42 Å². The van der Waals surface area contributed by atoms with Gasteiger partial charge < -0.3 is 5.32 Å². The SMILES string of the molecule is CNC1CCCC1Cc1cc(F)cc(F)c1. The van der Waals surface area contributed by atoms with E-state index in [1.165, 1.54) is 25.0 Å². The van der Waals surface area contributed by atoms with Crippen LogP contribution in [0.2, 0.25) is 0 Å². The standard InChI is InChI=1S/C13H17F2N/c1-16-13-4-2-3-10(13)5-9-6-11(14)8-12(15)7-9/h6-8,10,13,16H,2-5H2,1H3. The third-order valence-electron chi connectivity index (χ3n) is 3.45. The van der Waals surface area contributed by atoms with Crippen LogP contribution in [-0.4, -0.2) is 13.1 Å². The molecule has 1 aliphatic rings. The molecular formula is C13H17F2N. The van der Waals surface area contributed by atoms with E-state index < -0.39 is 11.6 Å². The highest BCUT2D eigenvalue weighted by molar-refractivity contribution is 5.19. The van der Waals surface area contributed by atoms with Crippen LogP contribution in [-0.2, 0) is 6.42 Å². The number of rotatable bonds is 3. The fourth-order valence-corrected chi connectivity index (χ4v) is 2.69. The summed E-state index contributed by atoms with van der Waals surface area (Å²) in [5.74, 6) is -0.450. The van der Waals surface area contributed by atoms with E-state index in [9.17, 15) is 8.78 Å². The summed E-state index contributed by atoms with van der Waals surface area (Å²) in [4.78, 5) is 0. The Morgan fingerprint density at radius 1 is 1.19 bits per heavy atom. The maximum atomic E-state index is 13.0. The first-order chi connectivity index (χ1) is 7.69. The van der Waals surface area contributed by atoms with E-state index in [0.717, 1.165) is 24.5 Å². The molecule has 0 aromatic heterocycles. The van der Waals surface area contributed by atoms with Crippen molar-refractivity contribution in [2.24, 2.45) is 5.92 Å². The summed E-state index contributed by atoms with van der Waals surface area (Å²) in [5, 5.41) is 3.28. The van der Waals surface area contributed by atoms with E-state index in [4.69, 9.17) is 0 Å². The molecule has 16 heavy (non-hydrogen) atoms. The minimum absolute atomic E-state index is 0.478. The van der Waals surface area contributed by atoms with Crippen LogP contribution in [0.3, 0.4) is 0 Å². The molecule has 2 atom stereocenters. The van der Waals surface area contributed by atoms with Crippen molar-refractivity contribution in [3.05, 3.63) is 35.4 Å². The third-order valence-corrected chi connectivity index (χ3v) is 3.45. The molecule has 1 aromatic carbocycles. The van der Waals surface area contributed by atoms with Gasteiger partial charge in [0, 0.05) is 12.1 Å². The van der Waals surface area contributed by atoms with Crippen molar-refractivity contribution >= 4 is 0 Å². The average molecular weight is 225 g/mol. The fourth-order valence-electron chi connectivity index (χ4n) is 2.69. The second-order valence-electron chi connectivity index (χ2n) is 4.57. The number of halogens is 2. The number of benzene rings is 1. The molecule has 1 aromatic rings. The van der Waals surface area contributed by atoms with Crippen molar-refractivity contribution in [3.8, 4) is 0 Å². The predicted octanol–water partition coefficient (Wildman–Crippen LogP) is 2.90. The summed E-state index contributed by atoms with van der Waals surface area (Å²) in [5.41, 5.74) is 0.768. The highest BCUT2D eigenvalue weighted by Crippen LogP contribution is 2.28. The van der Waals surface area contributed by atoms with Crippen LogP contribution >= 0.6 is 0 Å². The second-order valence-corrected chi connectivity index (χ2v) is 4.57. The van der Waals surface area contributed by atoms with Crippen molar-refractivity contribution in [1.82, 2.24) is 5.32 Å². The lowest BCUT2D eigenvalue weighted by Gasteiger charge is -2.18. The number of hydrogen-bond donors (Lipinski definition) is 1. The summed E-state index contributed by atoms with van der Waals surface area (Å²) >= 11 is 0. The van der Waals surface area contributed by atoms with E-state index in [1.54, 1.807) is 0 Å². The largest absolute Gasteiger partial charge is 0.317 e. The molecule has 2 unspecified atom stereocenters. The summed E-state index contributed by atoms with van der Waals surface area (Å²) < 4.78 is 26.1. The normalized spacial score (nSPS) is 24.9. The lowest BCUT2D eigenvalue weighted by atomic mass is 9.94. The lowest BCUT2D eigenvalue weighted by Crippen LogP contribution is -2.30. The summed E-state index contributed by atoms with van der Waals surface area (Å²) in [6, 6.07) is 4.29. The van der Waals surface area contributed by atoms with Crippen molar-refractivity contribution < 1.29 is 8.78 Å². The van der Waals surface area contributed by atoms with Gasteiger partial charge in [0.25, 0.3) is 0 Å². The molecule has 0 spiro atoms. The van der Waals surface area contributed by atoms with E-state index >= 15 is 0 Å². The Morgan fingerprint density at radius 2 is 1.88 bits per heavy atom. The van der Waals surface area contributed by atoms with Crippen LogP contribution in [0.4, 0.5) is 8.78 Å². The zero-order valence-corrected chi connectivity index (χ0v) is 9.47. The maximum Gasteiger partial charge on any atom is 0.126 e. The van der Waals surface area contributed by atoms with Crippen molar-refractivity contribution in [2.45, 2.75) is 31.7 Å². The minimum atomic E-state index is -0.478. The van der Waals surface area contributed by atoms with Gasteiger partial charge in [0.05, 0.1) is 0 Å². The van der Waals surface area contributed by atoms with Crippen molar-refractivity contribution in [3.63, 3.8) is 0 Å². The van der Waals surface area contributed by atoms with Gasteiger partial charge in [-0.05, 0) is 49.9 Å². The highest BCUT2D eigenvalue weighted by Gasteiger charge is 2.25. The summed E-state index contributed by atoms with van der Waals surface area (Å²) in [6.07, 6.45) is 4.27. The molecule has 2 rings (SSSR count). The fraction of sp³-hybridized carbons (Fsp3) is 0.538. The molecule has 0 amide bonds. The number of hydrogen-bond acceptors (Lipinski definition) is 1. The smallest absolute Gasteiger partial charge is 0.126 e. The van der Waals surface area contributed by atoms with Gasteiger partial charge in [0.1, 0.15) is 11.6 Å². The quantitative estimate of drug-likeness (QED) is 0.834. The molecule has 1 fully saturated rings. The molecule has 0 saturated heterocycles. The first-order valence-electron chi connectivity index (χ1n) is 5.81. The van der Waals surface area contributed by atoms with Crippen LogP contribution in [0.25, 0.3) is 0 Å². The van der Waals surface area contributed by atoms with Crippen molar-refractivity contribution in [1.29, 1.82) is 0 Å². The van der Waals surface area contributed by atoms with Crippen molar-refractivity contribution in [2.75, 3.05) is 7.05 Å². The lowest BCUT2D eigenvalue weighted by molar-refractivity contribution is 0.422. The van der Waals surface area contributed by atoms with Gasteiger partial charge in [0.15, 0.2) is 0 Å². The highest BCUT2D eigenvalue weighted by atomic mass is 19.1. The Hall–Kier alpha value is -0.960. The Bertz CT molecular complexity index is 345. The zero-order valence-electron chi connectivity index (χ0n) is 9.47. The topological polar surface area (TPSA) is 12.0 Å². The van der Waals surface area contributed by atoms with E-state index in [-0.39, 0.29) is 0 Å². The van der Waals surface area contributed by atoms with Gasteiger partial charge in [-0.15, -0.1) is 0 Å². The molecule has 88 valence electrons. The molecular weight excluding hydrogens is 208 g/mol. The Balaban J connectivity index is 2.08. The van der Waals surface area contributed by atoms with E-state index in [0.29, 0.717) is 12.0 Å². The number of nitrogens with one attached hydrogen (secondary N) is 1. The summed E-state index contributed by atoms with van der Waals surface area (Å²) in [6.45, 7) is 0. The molecule has 1 saturated carbocycles. The molecule has 1 aliphatic carbocycles. The van der Waals surface area contributed by atoms with Crippen LogP contribution in [0.1, 0.15) is 24.8 Å². The first kappa shape index (κ1) is 11.5. The molecule has 3 heteroatoms. The monoisotopic (exact) mass is 225 g/mol. The molecule has 1 N–H and O–H groups in total. The Kier molecular flexibility index (Phi) is 3.54. The van der Waals surface area contributed by atoms with Gasteiger partial charge in [0.2, 0.25) is 0 Å². The van der Waals surface area contributed by atoms with Gasteiger partial charge in [-0.3, -0.25) is 0 Å². The molecule has 1 nitrogen and oxygen atoms in total.